The highest BCUT2D eigenvalue weighted by Crippen LogP contribution is 2.18. The van der Waals surface area contributed by atoms with Gasteiger partial charge in [-0.15, -0.1) is 0 Å². The van der Waals surface area contributed by atoms with Gasteiger partial charge in [0.15, 0.2) is 5.78 Å². The molecule has 1 aromatic rings. The molecule has 1 atom stereocenters. The normalized spacial score (nSPS) is 11.6. The second-order valence-corrected chi connectivity index (χ2v) is 3.06. The Labute approximate surface area is 87.1 Å². The number of nitrogens with zero attached hydrogens (tertiary/aromatic N) is 1. The summed E-state index contributed by atoms with van der Waals surface area (Å²) in [5.74, 6) is -1.68. The van der Waals surface area contributed by atoms with Gasteiger partial charge in [-0.25, -0.2) is 4.39 Å². The molecule has 0 bridgehead atoms. The predicted octanol–water partition coefficient (Wildman–Crippen LogP) is 2.18. The number of hydrogen-bond acceptors (Lipinski definition) is 3. The molecule has 0 aliphatic carbocycles. The molecule has 0 aromatic heterocycles. The fourth-order valence-corrected chi connectivity index (χ4v) is 1.11. The van der Waals surface area contributed by atoms with Crippen molar-refractivity contribution in [1.29, 1.82) is 5.26 Å². The lowest BCUT2D eigenvalue weighted by atomic mass is 10.0. The van der Waals surface area contributed by atoms with Gasteiger partial charge in [0.25, 0.3) is 0 Å². The zero-order valence-electron chi connectivity index (χ0n) is 8.45. The largest absolute Gasteiger partial charge is 0.497 e. The molecule has 0 spiro atoms. The van der Waals surface area contributed by atoms with Crippen LogP contribution in [0.3, 0.4) is 0 Å². The highest BCUT2D eigenvalue weighted by Gasteiger charge is 2.18. The Morgan fingerprint density at radius 2 is 2.27 bits per heavy atom. The molecular formula is C11H10FNO2. The summed E-state index contributed by atoms with van der Waals surface area (Å²) in [4.78, 5) is 11.5. The summed E-state index contributed by atoms with van der Waals surface area (Å²) in [6.07, 6.45) is 0. The van der Waals surface area contributed by atoms with Crippen LogP contribution in [-0.2, 0) is 0 Å². The van der Waals surface area contributed by atoms with E-state index in [4.69, 9.17) is 10.00 Å². The van der Waals surface area contributed by atoms with Crippen molar-refractivity contribution >= 4 is 5.78 Å². The Kier molecular flexibility index (Phi) is 3.40. The molecule has 0 fully saturated rings. The summed E-state index contributed by atoms with van der Waals surface area (Å²) in [6, 6.07) is 5.70. The van der Waals surface area contributed by atoms with Gasteiger partial charge < -0.3 is 4.74 Å². The van der Waals surface area contributed by atoms with Crippen LogP contribution in [0.15, 0.2) is 18.2 Å². The lowest BCUT2D eigenvalue weighted by Gasteiger charge is -2.05. The van der Waals surface area contributed by atoms with E-state index in [-0.39, 0.29) is 5.56 Å². The summed E-state index contributed by atoms with van der Waals surface area (Å²) in [6.45, 7) is 1.44. The maximum atomic E-state index is 13.4. The van der Waals surface area contributed by atoms with Crippen molar-refractivity contribution in [2.45, 2.75) is 6.92 Å². The van der Waals surface area contributed by atoms with Crippen molar-refractivity contribution in [3.05, 3.63) is 29.6 Å². The Morgan fingerprint density at radius 1 is 1.60 bits per heavy atom. The molecule has 1 rings (SSSR count). The third-order valence-corrected chi connectivity index (χ3v) is 2.03. The van der Waals surface area contributed by atoms with E-state index < -0.39 is 17.5 Å². The van der Waals surface area contributed by atoms with Crippen LogP contribution in [-0.4, -0.2) is 12.9 Å². The lowest BCUT2D eigenvalue weighted by molar-refractivity contribution is 0.0952. The highest BCUT2D eigenvalue weighted by molar-refractivity contribution is 5.99. The summed E-state index contributed by atoms with van der Waals surface area (Å²) >= 11 is 0. The number of benzene rings is 1. The number of halogens is 1. The van der Waals surface area contributed by atoms with Gasteiger partial charge in [0, 0.05) is 6.07 Å². The summed E-state index contributed by atoms with van der Waals surface area (Å²) in [5, 5.41) is 8.54. The van der Waals surface area contributed by atoms with E-state index >= 15 is 0 Å². The highest BCUT2D eigenvalue weighted by atomic mass is 19.1. The first-order valence-electron chi connectivity index (χ1n) is 4.37. The van der Waals surface area contributed by atoms with Crippen molar-refractivity contribution in [2.24, 2.45) is 5.92 Å². The van der Waals surface area contributed by atoms with Crippen LogP contribution in [0.4, 0.5) is 4.39 Å². The van der Waals surface area contributed by atoms with E-state index in [1.807, 2.05) is 0 Å². The molecule has 0 saturated heterocycles. The van der Waals surface area contributed by atoms with Gasteiger partial charge in [-0.05, 0) is 19.1 Å². The van der Waals surface area contributed by atoms with E-state index in [1.165, 1.54) is 26.2 Å². The molecule has 0 amide bonds. The molecule has 0 aliphatic heterocycles. The number of hydrogen-bond donors (Lipinski definition) is 0. The monoisotopic (exact) mass is 207 g/mol. The van der Waals surface area contributed by atoms with Crippen molar-refractivity contribution in [2.75, 3.05) is 7.11 Å². The van der Waals surface area contributed by atoms with E-state index in [2.05, 4.69) is 0 Å². The minimum Gasteiger partial charge on any atom is -0.497 e. The van der Waals surface area contributed by atoms with Gasteiger partial charge in [0.05, 0.1) is 18.7 Å². The predicted molar refractivity (Wildman–Crippen MR) is 52.1 cm³/mol. The number of rotatable bonds is 3. The summed E-state index contributed by atoms with van der Waals surface area (Å²) in [7, 11) is 1.41. The Balaban J connectivity index is 3.07. The average molecular weight is 207 g/mol. The molecule has 4 heteroatoms. The minimum atomic E-state index is -0.840. The number of carbonyl (C=O) groups is 1. The molecule has 78 valence electrons. The van der Waals surface area contributed by atoms with E-state index in [1.54, 1.807) is 6.07 Å². The molecule has 15 heavy (non-hydrogen) atoms. The molecule has 0 aliphatic rings. The number of Topliss-reactive ketones (excluding diaryl/α,β-unsaturated/α-hetero) is 1. The standard InChI is InChI=1S/C11H10FNO2/c1-7(6-13)11(14)9-4-3-8(15-2)5-10(9)12/h3-5,7H,1-2H3. The number of carbonyl (C=O) groups excluding carboxylic acids is 1. The smallest absolute Gasteiger partial charge is 0.182 e. The van der Waals surface area contributed by atoms with Crippen molar-refractivity contribution < 1.29 is 13.9 Å². The molecule has 1 unspecified atom stereocenters. The summed E-state index contributed by atoms with van der Waals surface area (Å²) in [5.41, 5.74) is -0.0788. The first-order chi connectivity index (χ1) is 7.10. The van der Waals surface area contributed by atoms with Crippen LogP contribution in [0.5, 0.6) is 5.75 Å². The number of methoxy groups -OCH3 is 1. The molecule has 0 heterocycles. The SMILES string of the molecule is COc1ccc(C(=O)C(C)C#N)c(F)c1. The fourth-order valence-electron chi connectivity index (χ4n) is 1.11. The van der Waals surface area contributed by atoms with E-state index in [9.17, 15) is 9.18 Å². The van der Waals surface area contributed by atoms with Gasteiger partial charge in [0.2, 0.25) is 0 Å². The third kappa shape index (κ3) is 2.32. The van der Waals surface area contributed by atoms with E-state index in [0.717, 1.165) is 6.07 Å². The number of nitriles is 1. The fraction of sp³-hybridized carbons (Fsp3) is 0.273. The number of ketones is 1. The van der Waals surface area contributed by atoms with Crippen LogP contribution >= 0.6 is 0 Å². The molecule has 0 saturated carbocycles. The van der Waals surface area contributed by atoms with Crippen LogP contribution in [0.1, 0.15) is 17.3 Å². The average Bonchev–Trinajstić information content (AvgIpc) is 2.26. The second kappa shape index (κ2) is 4.56. The zero-order valence-corrected chi connectivity index (χ0v) is 8.45. The van der Waals surface area contributed by atoms with Gasteiger partial charge in [-0.1, -0.05) is 0 Å². The van der Waals surface area contributed by atoms with Crippen LogP contribution in [0.2, 0.25) is 0 Å². The van der Waals surface area contributed by atoms with Crippen molar-refractivity contribution in [3.63, 3.8) is 0 Å². The first-order valence-corrected chi connectivity index (χ1v) is 4.37. The Morgan fingerprint density at radius 3 is 2.73 bits per heavy atom. The van der Waals surface area contributed by atoms with Gasteiger partial charge in [-0.2, -0.15) is 5.26 Å². The third-order valence-electron chi connectivity index (χ3n) is 2.03. The molecular weight excluding hydrogens is 197 g/mol. The summed E-state index contributed by atoms with van der Waals surface area (Å²) < 4.78 is 18.2. The first kappa shape index (κ1) is 11.2. The maximum absolute atomic E-state index is 13.4. The van der Waals surface area contributed by atoms with Crippen LogP contribution in [0.25, 0.3) is 0 Å². The molecule has 0 radical (unpaired) electrons. The Hall–Kier alpha value is -1.89. The number of ether oxygens (including phenoxy) is 1. The lowest BCUT2D eigenvalue weighted by Crippen LogP contribution is -2.11. The van der Waals surface area contributed by atoms with Gasteiger partial charge in [-0.3, -0.25) is 4.79 Å². The van der Waals surface area contributed by atoms with Gasteiger partial charge >= 0.3 is 0 Å². The Bertz CT molecular complexity index is 423. The van der Waals surface area contributed by atoms with Crippen molar-refractivity contribution in [1.82, 2.24) is 0 Å². The quantitative estimate of drug-likeness (QED) is 0.714. The molecule has 1 aromatic carbocycles. The second-order valence-electron chi connectivity index (χ2n) is 3.06. The molecule has 0 N–H and O–H groups in total. The zero-order chi connectivity index (χ0) is 11.4. The van der Waals surface area contributed by atoms with Crippen LogP contribution < -0.4 is 4.74 Å². The molecule has 3 nitrogen and oxygen atoms in total. The maximum Gasteiger partial charge on any atom is 0.182 e. The topological polar surface area (TPSA) is 50.1 Å². The van der Waals surface area contributed by atoms with Gasteiger partial charge in [0.1, 0.15) is 17.5 Å². The van der Waals surface area contributed by atoms with Crippen LogP contribution in [0, 0.1) is 23.1 Å². The minimum absolute atomic E-state index is 0.0788. The van der Waals surface area contributed by atoms with Crippen molar-refractivity contribution in [3.8, 4) is 11.8 Å². The van der Waals surface area contributed by atoms with E-state index in [0.29, 0.717) is 5.75 Å².